The van der Waals surface area contributed by atoms with E-state index in [-0.39, 0.29) is 6.04 Å². The number of carboxylic acids is 1. The average Bonchev–Trinajstić information content (AvgIpc) is 2.38. The minimum absolute atomic E-state index is 0.268. The normalized spacial score (nSPS) is 13.9. The Bertz CT molecular complexity index is 375. The highest BCUT2D eigenvalue weighted by molar-refractivity contribution is 5.72. The summed E-state index contributed by atoms with van der Waals surface area (Å²) in [6.07, 6.45) is 0.540. The number of benzene rings is 1. The standard InChI is InChI=1S/C14H21NO3/c1-4-5-13(14(16)17)18-12-8-6-11(7-9-12)10(2)15-3/h6-10,13,15H,4-5H2,1-3H3,(H,16,17). The molecule has 0 heterocycles. The van der Waals surface area contributed by atoms with Gasteiger partial charge >= 0.3 is 5.97 Å². The smallest absolute Gasteiger partial charge is 0.344 e. The van der Waals surface area contributed by atoms with Crippen molar-refractivity contribution in [2.75, 3.05) is 7.05 Å². The van der Waals surface area contributed by atoms with Crippen molar-refractivity contribution in [1.82, 2.24) is 5.32 Å². The fraction of sp³-hybridized carbons (Fsp3) is 0.500. The number of aliphatic carboxylic acids is 1. The second-order valence-electron chi connectivity index (χ2n) is 4.31. The molecule has 1 aromatic rings. The summed E-state index contributed by atoms with van der Waals surface area (Å²) in [4.78, 5) is 11.0. The Kier molecular flexibility index (Phi) is 5.65. The maximum absolute atomic E-state index is 11.0. The molecule has 0 radical (unpaired) electrons. The van der Waals surface area contributed by atoms with Gasteiger partial charge in [0.1, 0.15) is 5.75 Å². The Labute approximate surface area is 108 Å². The van der Waals surface area contributed by atoms with E-state index in [9.17, 15) is 4.79 Å². The van der Waals surface area contributed by atoms with Gasteiger partial charge in [-0.3, -0.25) is 0 Å². The molecule has 0 saturated heterocycles. The van der Waals surface area contributed by atoms with Crippen LogP contribution in [0.25, 0.3) is 0 Å². The lowest BCUT2D eigenvalue weighted by Gasteiger charge is -2.15. The third-order valence-corrected chi connectivity index (χ3v) is 2.92. The summed E-state index contributed by atoms with van der Waals surface area (Å²) >= 11 is 0. The van der Waals surface area contributed by atoms with Gasteiger partial charge in [0.05, 0.1) is 0 Å². The Morgan fingerprint density at radius 3 is 2.44 bits per heavy atom. The molecule has 4 heteroatoms. The first kappa shape index (κ1) is 14.5. The van der Waals surface area contributed by atoms with Crippen LogP contribution in [0.1, 0.15) is 38.3 Å². The van der Waals surface area contributed by atoms with Gasteiger partial charge in [-0.15, -0.1) is 0 Å². The summed E-state index contributed by atoms with van der Waals surface area (Å²) in [5.41, 5.74) is 1.15. The molecule has 0 fully saturated rings. The first-order valence-corrected chi connectivity index (χ1v) is 6.25. The molecule has 4 nitrogen and oxygen atoms in total. The van der Waals surface area contributed by atoms with Crippen LogP contribution in [0.15, 0.2) is 24.3 Å². The van der Waals surface area contributed by atoms with Crippen molar-refractivity contribution in [1.29, 1.82) is 0 Å². The number of carbonyl (C=O) groups is 1. The van der Waals surface area contributed by atoms with Crippen LogP contribution in [-0.2, 0) is 4.79 Å². The zero-order valence-corrected chi connectivity index (χ0v) is 11.1. The summed E-state index contributed by atoms with van der Waals surface area (Å²) < 4.78 is 5.46. The maximum atomic E-state index is 11.0. The number of rotatable bonds is 7. The van der Waals surface area contributed by atoms with Crippen molar-refractivity contribution in [2.45, 2.75) is 38.8 Å². The van der Waals surface area contributed by atoms with Gasteiger partial charge in [0, 0.05) is 6.04 Å². The van der Waals surface area contributed by atoms with Crippen molar-refractivity contribution in [3.05, 3.63) is 29.8 Å². The molecule has 2 atom stereocenters. The van der Waals surface area contributed by atoms with Crippen LogP contribution in [0.2, 0.25) is 0 Å². The second-order valence-corrected chi connectivity index (χ2v) is 4.31. The summed E-state index contributed by atoms with van der Waals surface area (Å²) in [5.74, 6) is -0.313. The molecular weight excluding hydrogens is 230 g/mol. The van der Waals surface area contributed by atoms with Gasteiger partial charge in [0.2, 0.25) is 0 Å². The molecule has 0 saturated carbocycles. The van der Waals surface area contributed by atoms with E-state index in [1.165, 1.54) is 0 Å². The third kappa shape index (κ3) is 4.04. The number of carboxylic acid groups (broad SMARTS) is 1. The lowest BCUT2D eigenvalue weighted by atomic mass is 10.1. The predicted octanol–water partition coefficient (Wildman–Crippen LogP) is 2.60. The molecule has 0 spiro atoms. The Hall–Kier alpha value is -1.55. The summed E-state index contributed by atoms with van der Waals surface area (Å²) in [6.45, 7) is 4.00. The highest BCUT2D eigenvalue weighted by Gasteiger charge is 2.18. The van der Waals surface area contributed by atoms with Crippen molar-refractivity contribution < 1.29 is 14.6 Å². The third-order valence-electron chi connectivity index (χ3n) is 2.92. The quantitative estimate of drug-likeness (QED) is 0.782. The van der Waals surface area contributed by atoms with E-state index in [1.807, 2.05) is 38.2 Å². The Morgan fingerprint density at radius 1 is 1.39 bits per heavy atom. The average molecular weight is 251 g/mol. The lowest BCUT2D eigenvalue weighted by Crippen LogP contribution is -2.26. The summed E-state index contributed by atoms with van der Waals surface area (Å²) in [7, 11) is 1.90. The largest absolute Gasteiger partial charge is 0.479 e. The van der Waals surface area contributed by atoms with Gasteiger partial charge in [-0.1, -0.05) is 25.5 Å². The molecule has 0 aliphatic heterocycles. The van der Waals surface area contributed by atoms with Crippen molar-refractivity contribution in [3.8, 4) is 5.75 Å². The Morgan fingerprint density at radius 2 is 2.00 bits per heavy atom. The summed E-state index contributed by atoms with van der Waals surface area (Å²) in [5, 5.41) is 12.2. The fourth-order valence-electron chi connectivity index (χ4n) is 1.66. The topological polar surface area (TPSA) is 58.6 Å². The van der Waals surface area contributed by atoms with E-state index in [0.717, 1.165) is 12.0 Å². The number of nitrogens with one attached hydrogen (secondary N) is 1. The van der Waals surface area contributed by atoms with Crippen LogP contribution in [0, 0.1) is 0 Å². The molecule has 2 unspecified atom stereocenters. The first-order valence-electron chi connectivity index (χ1n) is 6.25. The van der Waals surface area contributed by atoms with Crippen LogP contribution < -0.4 is 10.1 Å². The van der Waals surface area contributed by atoms with Crippen LogP contribution in [-0.4, -0.2) is 24.2 Å². The number of hydrogen-bond donors (Lipinski definition) is 2. The minimum atomic E-state index is -0.912. The van der Waals surface area contributed by atoms with Gasteiger partial charge in [-0.05, 0) is 38.1 Å². The monoisotopic (exact) mass is 251 g/mol. The Balaban J connectivity index is 2.70. The van der Waals surface area contributed by atoms with Gasteiger partial charge < -0.3 is 15.2 Å². The maximum Gasteiger partial charge on any atom is 0.344 e. The minimum Gasteiger partial charge on any atom is -0.479 e. The molecule has 100 valence electrons. The molecule has 1 aromatic carbocycles. The molecule has 0 bridgehead atoms. The van der Waals surface area contributed by atoms with Crippen molar-refractivity contribution in [2.24, 2.45) is 0 Å². The van der Waals surface area contributed by atoms with E-state index < -0.39 is 12.1 Å². The van der Waals surface area contributed by atoms with Crippen LogP contribution in [0.4, 0.5) is 0 Å². The van der Waals surface area contributed by atoms with E-state index in [2.05, 4.69) is 12.2 Å². The molecule has 18 heavy (non-hydrogen) atoms. The number of hydrogen-bond acceptors (Lipinski definition) is 3. The van der Waals surface area contributed by atoms with Crippen LogP contribution in [0.3, 0.4) is 0 Å². The zero-order chi connectivity index (χ0) is 13.5. The highest BCUT2D eigenvalue weighted by Crippen LogP contribution is 2.19. The van der Waals surface area contributed by atoms with E-state index in [1.54, 1.807) is 0 Å². The summed E-state index contributed by atoms with van der Waals surface area (Å²) in [6, 6.07) is 7.79. The molecule has 1 rings (SSSR count). The first-order chi connectivity index (χ1) is 8.58. The van der Waals surface area contributed by atoms with E-state index >= 15 is 0 Å². The van der Waals surface area contributed by atoms with Gasteiger partial charge in [0.15, 0.2) is 6.10 Å². The molecule has 0 aliphatic carbocycles. The predicted molar refractivity (Wildman–Crippen MR) is 70.9 cm³/mol. The van der Waals surface area contributed by atoms with E-state index in [4.69, 9.17) is 9.84 Å². The molecule has 0 aromatic heterocycles. The number of ether oxygens (including phenoxy) is 1. The molecule has 0 aliphatic rings. The lowest BCUT2D eigenvalue weighted by molar-refractivity contribution is -0.145. The van der Waals surface area contributed by atoms with Gasteiger partial charge in [-0.2, -0.15) is 0 Å². The van der Waals surface area contributed by atoms with Crippen LogP contribution in [0.5, 0.6) is 5.75 Å². The highest BCUT2D eigenvalue weighted by atomic mass is 16.5. The molecule has 2 N–H and O–H groups in total. The van der Waals surface area contributed by atoms with E-state index in [0.29, 0.717) is 12.2 Å². The SMILES string of the molecule is CCCC(Oc1ccc(C(C)NC)cc1)C(=O)O. The zero-order valence-electron chi connectivity index (χ0n) is 11.1. The van der Waals surface area contributed by atoms with Crippen molar-refractivity contribution >= 4 is 5.97 Å². The fourth-order valence-corrected chi connectivity index (χ4v) is 1.66. The molecular formula is C14H21NO3. The molecule has 0 amide bonds. The van der Waals surface area contributed by atoms with Gasteiger partial charge in [-0.25, -0.2) is 4.79 Å². The second kappa shape index (κ2) is 7.01. The van der Waals surface area contributed by atoms with Crippen LogP contribution >= 0.6 is 0 Å². The van der Waals surface area contributed by atoms with Crippen molar-refractivity contribution in [3.63, 3.8) is 0 Å². The van der Waals surface area contributed by atoms with Gasteiger partial charge in [0.25, 0.3) is 0 Å².